The molecule has 0 radical (unpaired) electrons. The lowest BCUT2D eigenvalue weighted by atomic mass is 10.0. The fraction of sp³-hybridized carbons (Fsp3) is 0.462. The summed E-state index contributed by atoms with van der Waals surface area (Å²) >= 11 is 0. The number of nitrogens with zero attached hydrogens (tertiary/aromatic N) is 1. The van der Waals surface area contributed by atoms with Gasteiger partial charge in [-0.2, -0.15) is 0 Å². The van der Waals surface area contributed by atoms with Gasteiger partial charge in [0.25, 0.3) is 0 Å². The number of benzene rings is 1. The molecule has 0 saturated carbocycles. The summed E-state index contributed by atoms with van der Waals surface area (Å²) in [5.74, 6) is 0.759. The lowest BCUT2D eigenvalue weighted by Gasteiger charge is -2.27. The average Bonchev–Trinajstić information content (AvgIpc) is 2.40. The average molecular weight is 251 g/mol. The molecule has 5 nitrogen and oxygen atoms in total. The molecule has 1 unspecified atom stereocenters. The molecule has 1 atom stereocenters. The van der Waals surface area contributed by atoms with E-state index >= 15 is 0 Å². The highest BCUT2D eigenvalue weighted by Crippen LogP contribution is 2.33. The third-order valence-corrected chi connectivity index (χ3v) is 3.07. The molecule has 1 aliphatic rings. The number of aliphatic hydroxyl groups excluding tert-OH is 2. The van der Waals surface area contributed by atoms with E-state index in [2.05, 4.69) is 0 Å². The topological polar surface area (TPSA) is 70.0 Å². The Bertz CT molecular complexity index is 447. The van der Waals surface area contributed by atoms with Gasteiger partial charge >= 0.3 is 0 Å². The number of carbonyl (C=O) groups excluding carboxylic acids is 1. The predicted molar refractivity (Wildman–Crippen MR) is 66.8 cm³/mol. The van der Waals surface area contributed by atoms with E-state index in [-0.39, 0.29) is 19.1 Å². The minimum absolute atomic E-state index is 0.0462. The molecule has 1 amide bonds. The molecule has 2 rings (SSSR count). The van der Waals surface area contributed by atoms with Crippen LogP contribution in [-0.4, -0.2) is 42.5 Å². The van der Waals surface area contributed by atoms with Crippen LogP contribution in [0.4, 0.5) is 5.69 Å². The van der Waals surface area contributed by atoms with Gasteiger partial charge in [-0.1, -0.05) is 6.07 Å². The highest BCUT2D eigenvalue weighted by molar-refractivity contribution is 5.96. The maximum absolute atomic E-state index is 11.6. The van der Waals surface area contributed by atoms with Crippen molar-refractivity contribution in [1.29, 1.82) is 0 Å². The SMILES string of the molecule is CN1C(=O)CCc2c(OCC(O)CO)cccc21. The van der Waals surface area contributed by atoms with Crippen molar-refractivity contribution in [2.24, 2.45) is 0 Å². The maximum atomic E-state index is 11.6. The smallest absolute Gasteiger partial charge is 0.227 e. The lowest BCUT2D eigenvalue weighted by Crippen LogP contribution is -2.31. The summed E-state index contributed by atoms with van der Waals surface area (Å²) in [6.07, 6.45) is 0.222. The predicted octanol–water partition coefficient (Wildman–Crippen LogP) is 0.328. The van der Waals surface area contributed by atoms with Crippen molar-refractivity contribution in [2.45, 2.75) is 18.9 Å². The van der Waals surface area contributed by atoms with E-state index in [1.807, 2.05) is 18.2 Å². The van der Waals surface area contributed by atoms with Gasteiger partial charge < -0.3 is 19.8 Å². The summed E-state index contributed by atoms with van der Waals surface area (Å²) in [6, 6.07) is 5.50. The van der Waals surface area contributed by atoms with E-state index in [4.69, 9.17) is 9.84 Å². The van der Waals surface area contributed by atoms with Crippen molar-refractivity contribution in [3.8, 4) is 5.75 Å². The van der Waals surface area contributed by atoms with E-state index < -0.39 is 6.10 Å². The van der Waals surface area contributed by atoms with Gasteiger partial charge in [0.1, 0.15) is 18.5 Å². The van der Waals surface area contributed by atoms with E-state index in [1.54, 1.807) is 11.9 Å². The fourth-order valence-electron chi connectivity index (χ4n) is 2.03. The quantitative estimate of drug-likeness (QED) is 0.809. The molecule has 18 heavy (non-hydrogen) atoms. The highest BCUT2D eigenvalue weighted by Gasteiger charge is 2.23. The first kappa shape index (κ1) is 12.9. The molecule has 1 aliphatic heterocycles. The van der Waals surface area contributed by atoms with Crippen LogP contribution in [0, 0.1) is 0 Å². The van der Waals surface area contributed by atoms with Crippen LogP contribution < -0.4 is 9.64 Å². The van der Waals surface area contributed by atoms with Crippen LogP contribution in [0.1, 0.15) is 12.0 Å². The van der Waals surface area contributed by atoms with Gasteiger partial charge in [0.2, 0.25) is 5.91 Å². The van der Waals surface area contributed by atoms with Crippen molar-refractivity contribution in [2.75, 3.05) is 25.2 Å². The van der Waals surface area contributed by atoms with Crippen LogP contribution in [0.5, 0.6) is 5.75 Å². The Kier molecular flexibility index (Phi) is 3.84. The molecule has 0 aromatic heterocycles. The molecule has 1 heterocycles. The van der Waals surface area contributed by atoms with Crippen LogP contribution in [0.2, 0.25) is 0 Å². The first-order chi connectivity index (χ1) is 8.63. The van der Waals surface area contributed by atoms with Crippen molar-refractivity contribution in [3.63, 3.8) is 0 Å². The second-order valence-corrected chi connectivity index (χ2v) is 4.35. The number of hydrogen-bond acceptors (Lipinski definition) is 4. The lowest BCUT2D eigenvalue weighted by molar-refractivity contribution is -0.118. The minimum atomic E-state index is -0.885. The third-order valence-electron chi connectivity index (χ3n) is 3.07. The molecule has 0 spiro atoms. The molecule has 0 aliphatic carbocycles. The minimum Gasteiger partial charge on any atom is -0.490 e. The molecular formula is C13H17NO4. The van der Waals surface area contributed by atoms with Crippen molar-refractivity contribution in [3.05, 3.63) is 23.8 Å². The van der Waals surface area contributed by atoms with Crippen LogP contribution in [0.25, 0.3) is 0 Å². The highest BCUT2D eigenvalue weighted by atomic mass is 16.5. The standard InChI is InChI=1S/C13H17NO4/c1-14-11-3-2-4-12(18-8-9(16)7-15)10(11)5-6-13(14)17/h2-4,9,15-16H,5-8H2,1H3. The van der Waals surface area contributed by atoms with Crippen molar-refractivity contribution >= 4 is 11.6 Å². The zero-order chi connectivity index (χ0) is 13.1. The molecule has 1 aromatic carbocycles. The summed E-state index contributed by atoms with van der Waals surface area (Å²) in [5.41, 5.74) is 1.83. The number of fused-ring (bicyclic) bond motifs is 1. The van der Waals surface area contributed by atoms with Crippen LogP contribution >= 0.6 is 0 Å². The van der Waals surface area contributed by atoms with Crippen LogP contribution in [0.3, 0.4) is 0 Å². The normalized spacial score (nSPS) is 16.4. The Morgan fingerprint density at radius 1 is 1.44 bits per heavy atom. The van der Waals surface area contributed by atoms with E-state index in [9.17, 15) is 9.90 Å². The van der Waals surface area contributed by atoms with Crippen molar-refractivity contribution < 1.29 is 19.7 Å². The third kappa shape index (κ3) is 2.47. The Hall–Kier alpha value is -1.59. The Labute approximate surface area is 106 Å². The van der Waals surface area contributed by atoms with E-state index in [0.29, 0.717) is 18.6 Å². The largest absolute Gasteiger partial charge is 0.490 e. The van der Waals surface area contributed by atoms with Gasteiger partial charge in [-0.05, 0) is 18.6 Å². The number of amides is 1. The number of rotatable bonds is 4. The fourth-order valence-corrected chi connectivity index (χ4v) is 2.03. The number of anilines is 1. The van der Waals surface area contributed by atoms with Gasteiger partial charge in [0, 0.05) is 19.0 Å². The molecule has 0 fully saturated rings. The second kappa shape index (κ2) is 5.37. The van der Waals surface area contributed by atoms with Gasteiger partial charge in [-0.3, -0.25) is 4.79 Å². The van der Waals surface area contributed by atoms with Crippen LogP contribution in [-0.2, 0) is 11.2 Å². The Morgan fingerprint density at radius 3 is 2.94 bits per heavy atom. The van der Waals surface area contributed by atoms with E-state index in [0.717, 1.165) is 11.3 Å². The van der Waals surface area contributed by atoms with Crippen molar-refractivity contribution in [1.82, 2.24) is 0 Å². The first-order valence-corrected chi connectivity index (χ1v) is 5.93. The number of carbonyl (C=O) groups is 1. The monoisotopic (exact) mass is 251 g/mol. The zero-order valence-corrected chi connectivity index (χ0v) is 10.3. The molecular weight excluding hydrogens is 234 g/mol. The van der Waals surface area contributed by atoms with E-state index in [1.165, 1.54) is 0 Å². The molecule has 1 aromatic rings. The van der Waals surface area contributed by atoms with Gasteiger partial charge in [0.15, 0.2) is 0 Å². The number of aliphatic hydroxyl groups is 2. The molecule has 5 heteroatoms. The zero-order valence-electron chi connectivity index (χ0n) is 10.3. The van der Waals surface area contributed by atoms with Crippen LogP contribution in [0.15, 0.2) is 18.2 Å². The number of hydrogen-bond donors (Lipinski definition) is 2. The van der Waals surface area contributed by atoms with Gasteiger partial charge in [-0.25, -0.2) is 0 Å². The molecule has 0 saturated heterocycles. The Balaban J connectivity index is 2.20. The maximum Gasteiger partial charge on any atom is 0.227 e. The summed E-state index contributed by atoms with van der Waals surface area (Å²) in [7, 11) is 1.74. The summed E-state index contributed by atoms with van der Waals surface area (Å²) in [6.45, 7) is -0.280. The molecule has 2 N–H and O–H groups in total. The molecule has 98 valence electrons. The van der Waals surface area contributed by atoms with Gasteiger partial charge in [0.05, 0.1) is 12.3 Å². The molecule has 0 bridgehead atoms. The summed E-state index contributed by atoms with van der Waals surface area (Å²) in [4.78, 5) is 13.2. The number of ether oxygens (including phenoxy) is 1. The first-order valence-electron chi connectivity index (χ1n) is 5.93. The summed E-state index contributed by atoms with van der Waals surface area (Å²) < 4.78 is 5.49. The second-order valence-electron chi connectivity index (χ2n) is 4.35. The summed E-state index contributed by atoms with van der Waals surface area (Å²) in [5, 5.41) is 18.0. The Morgan fingerprint density at radius 2 is 2.22 bits per heavy atom. The van der Waals surface area contributed by atoms with Gasteiger partial charge in [-0.15, -0.1) is 0 Å².